The maximum atomic E-state index is 11.7. The van der Waals surface area contributed by atoms with Crippen molar-refractivity contribution in [1.82, 2.24) is 10.6 Å². The molecule has 0 aromatic heterocycles. The van der Waals surface area contributed by atoms with Crippen molar-refractivity contribution in [3.05, 3.63) is 0 Å². The molecule has 0 radical (unpaired) electrons. The molecular weight excluding hydrogens is 319 g/mol. The first-order chi connectivity index (χ1) is 9.88. The molecule has 8 nitrogen and oxygen atoms in total. The number of nitrogens with one attached hydrogen (secondary N) is 2. The Hall–Kier alpha value is -0.280. The minimum atomic E-state index is -4.11. The van der Waals surface area contributed by atoms with E-state index in [-0.39, 0.29) is 12.0 Å². The highest BCUT2D eigenvalue weighted by Crippen LogP contribution is 2.48. The number of phosphoric acid groups is 1. The highest BCUT2D eigenvalue weighted by Gasteiger charge is 2.47. The molecule has 3 N–H and O–H groups in total. The van der Waals surface area contributed by atoms with E-state index in [4.69, 9.17) is 26.2 Å². The molecule has 0 amide bonds. The summed E-state index contributed by atoms with van der Waals surface area (Å²) in [7, 11) is 1.79. The van der Waals surface area contributed by atoms with E-state index in [0.29, 0.717) is 18.1 Å². The second kappa shape index (κ2) is 8.38. The van der Waals surface area contributed by atoms with Crippen LogP contribution in [-0.4, -0.2) is 63.2 Å². The van der Waals surface area contributed by atoms with Gasteiger partial charge in [-0.2, -0.15) is 0 Å². The lowest BCUT2D eigenvalue weighted by atomic mass is 10.1. The van der Waals surface area contributed by atoms with E-state index in [0.717, 1.165) is 7.11 Å². The molecule has 2 unspecified atom stereocenters. The molecule has 0 saturated heterocycles. The van der Waals surface area contributed by atoms with Crippen molar-refractivity contribution in [2.45, 2.75) is 24.7 Å². The van der Waals surface area contributed by atoms with Crippen molar-refractivity contribution >= 4 is 25.2 Å². The van der Waals surface area contributed by atoms with Gasteiger partial charge in [-0.05, 0) is 18.6 Å². The maximum absolute atomic E-state index is 11.7. The van der Waals surface area contributed by atoms with Crippen LogP contribution in [0.4, 0.5) is 0 Å². The Morgan fingerprint density at radius 1 is 1.38 bits per heavy atom. The fraction of sp³-hybridized carbons (Fsp3) is 0.909. The van der Waals surface area contributed by atoms with Gasteiger partial charge < -0.3 is 25.0 Å². The van der Waals surface area contributed by atoms with E-state index < -0.39 is 20.0 Å². The van der Waals surface area contributed by atoms with Crippen LogP contribution in [0.25, 0.3) is 0 Å². The summed E-state index contributed by atoms with van der Waals surface area (Å²) in [6.45, 7) is 0.374. The summed E-state index contributed by atoms with van der Waals surface area (Å²) >= 11 is 5.09. The molecule has 1 rings (SSSR count). The molecule has 0 aliphatic heterocycles. The summed E-state index contributed by atoms with van der Waals surface area (Å²) in [5.74, 6) is -0.118. The molecular formula is C11H23N2O6PS. The zero-order chi connectivity index (χ0) is 16.0. The predicted molar refractivity (Wildman–Crippen MR) is 81.1 cm³/mol. The van der Waals surface area contributed by atoms with Crippen LogP contribution in [-0.2, 0) is 23.1 Å². The monoisotopic (exact) mass is 342 g/mol. The zero-order valence-electron chi connectivity index (χ0n) is 12.6. The van der Waals surface area contributed by atoms with E-state index in [2.05, 4.69) is 15.2 Å². The Balaban J connectivity index is 2.88. The summed E-state index contributed by atoms with van der Waals surface area (Å²) < 4.78 is 32.0. The Kier molecular flexibility index (Phi) is 7.49. The second-order valence-electron chi connectivity index (χ2n) is 4.70. The summed E-state index contributed by atoms with van der Waals surface area (Å²) in [5.41, 5.74) is 0. The predicted octanol–water partition coefficient (Wildman–Crippen LogP) is 0.262. The van der Waals surface area contributed by atoms with E-state index >= 15 is 0 Å². The highest BCUT2D eigenvalue weighted by molar-refractivity contribution is 7.80. The molecule has 1 saturated carbocycles. The van der Waals surface area contributed by atoms with Gasteiger partial charge in [0.1, 0.15) is 12.2 Å². The van der Waals surface area contributed by atoms with Gasteiger partial charge >= 0.3 is 7.82 Å². The lowest BCUT2D eigenvalue weighted by Gasteiger charge is -2.27. The highest BCUT2D eigenvalue weighted by atomic mass is 32.1. The zero-order valence-corrected chi connectivity index (χ0v) is 14.3. The Morgan fingerprint density at radius 2 is 2.05 bits per heavy atom. The third-order valence-electron chi connectivity index (χ3n) is 3.42. The van der Waals surface area contributed by atoms with Crippen LogP contribution >= 0.6 is 20.0 Å². The van der Waals surface area contributed by atoms with E-state index in [1.165, 1.54) is 7.11 Å². The summed E-state index contributed by atoms with van der Waals surface area (Å²) in [6, 6.07) is -0.156. The van der Waals surface area contributed by atoms with Crippen LogP contribution in [0.5, 0.6) is 0 Å². The van der Waals surface area contributed by atoms with Gasteiger partial charge in [-0.1, -0.05) is 0 Å². The number of rotatable bonds is 7. The molecule has 0 bridgehead atoms. The maximum Gasteiger partial charge on any atom is 0.472 e. The van der Waals surface area contributed by atoms with Gasteiger partial charge in [-0.3, -0.25) is 9.05 Å². The quantitative estimate of drug-likeness (QED) is 0.444. The van der Waals surface area contributed by atoms with E-state index in [1.807, 2.05) is 0 Å². The van der Waals surface area contributed by atoms with Gasteiger partial charge in [0.2, 0.25) is 0 Å². The lowest BCUT2D eigenvalue weighted by molar-refractivity contribution is -0.0282. The first-order valence-corrected chi connectivity index (χ1v) is 8.35. The van der Waals surface area contributed by atoms with Gasteiger partial charge in [0.15, 0.2) is 5.11 Å². The van der Waals surface area contributed by atoms with Gasteiger partial charge in [0, 0.05) is 34.3 Å². The largest absolute Gasteiger partial charge is 0.472 e. The molecule has 1 aliphatic carbocycles. The van der Waals surface area contributed by atoms with Gasteiger partial charge in [-0.25, -0.2) is 4.57 Å². The molecule has 1 fully saturated rings. The fourth-order valence-electron chi connectivity index (χ4n) is 2.49. The normalized spacial score (nSPS) is 31.7. The molecule has 10 heteroatoms. The van der Waals surface area contributed by atoms with Crippen molar-refractivity contribution in [1.29, 1.82) is 0 Å². The Morgan fingerprint density at radius 3 is 2.52 bits per heavy atom. The second-order valence-corrected chi connectivity index (χ2v) is 6.62. The van der Waals surface area contributed by atoms with Crippen molar-refractivity contribution in [2.24, 2.45) is 5.92 Å². The molecule has 0 aromatic rings. The smallest absolute Gasteiger partial charge is 0.384 e. The summed E-state index contributed by atoms with van der Waals surface area (Å²) in [5, 5.41) is 6.39. The first-order valence-electron chi connectivity index (χ1n) is 6.45. The molecule has 0 aromatic carbocycles. The molecule has 0 heterocycles. The average molecular weight is 342 g/mol. The molecule has 0 spiro atoms. The van der Waals surface area contributed by atoms with Crippen molar-refractivity contribution < 1.29 is 28.0 Å². The number of hydrogen-bond acceptors (Lipinski definition) is 6. The van der Waals surface area contributed by atoms with Crippen LogP contribution in [0.15, 0.2) is 0 Å². The molecule has 124 valence electrons. The van der Waals surface area contributed by atoms with Crippen LogP contribution in [0.1, 0.15) is 6.42 Å². The summed E-state index contributed by atoms with van der Waals surface area (Å²) in [4.78, 5) is 9.55. The van der Waals surface area contributed by atoms with Gasteiger partial charge in [-0.15, -0.1) is 0 Å². The van der Waals surface area contributed by atoms with Crippen LogP contribution in [0.2, 0.25) is 0 Å². The number of phosphoric ester groups is 1. The first kappa shape index (κ1) is 18.8. The van der Waals surface area contributed by atoms with Crippen molar-refractivity contribution in [3.63, 3.8) is 0 Å². The van der Waals surface area contributed by atoms with Crippen molar-refractivity contribution in [2.75, 3.05) is 35.0 Å². The molecule has 21 heavy (non-hydrogen) atoms. The SMILES string of the molecule is CNC(=S)N[C@@H]1C[C@H](COC)C(OP(=O)(O)OC)[C@@H]1OC. The van der Waals surface area contributed by atoms with Crippen molar-refractivity contribution in [3.8, 4) is 0 Å². The van der Waals surface area contributed by atoms with Crippen LogP contribution < -0.4 is 10.6 Å². The average Bonchev–Trinajstić information content (AvgIpc) is 2.75. The number of ether oxygens (including phenoxy) is 2. The third kappa shape index (κ3) is 5.14. The molecule has 1 aliphatic rings. The number of thiocarbonyl (C=S) groups is 1. The third-order valence-corrected chi connectivity index (χ3v) is 4.72. The Bertz CT molecular complexity index is 399. The van der Waals surface area contributed by atoms with E-state index in [9.17, 15) is 9.46 Å². The minimum Gasteiger partial charge on any atom is -0.384 e. The molecule has 5 atom stereocenters. The Labute approximate surface area is 130 Å². The lowest BCUT2D eigenvalue weighted by Crippen LogP contribution is -2.47. The van der Waals surface area contributed by atoms with E-state index in [1.54, 1.807) is 14.2 Å². The minimum absolute atomic E-state index is 0.118. The van der Waals surface area contributed by atoms with Gasteiger partial charge in [0.25, 0.3) is 0 Å². The van der Waals surface area contributed by atoms with Crippen LogP contribution in [0, 0.1) is 5.92 Å². The van der Waals surface area contributed by atoms with Gasteiger partial charge in [0.05, 0.1) is 12.6 Å². The van der Waals surface area contributed by atoms with Crippen LogP contribution in [0.3, 0.4) is 0 Å². The summed E-state index contributed by atoms with van der Waals surface area (Å²) in [6.07, 6.45) is -0.460. The fourth-order valence-corrected chi connectivity index (χ4v) is 3.33. The topological polar surface area (TPSA) is 98.3 Å². The standard InChI is InChI=1S/C11H23N2O6PS/c1-12-11(21)13-8-5-7(6-16-2)9(10(8)17-3)19-20(14,15)18-4/h7-10H,5-6H2,1-4H3,(H,14,15)(H2,12,13,21)/t7-,8-,9?,10-/m1/s1. The number of methoxy groups -OCH3 is 2. The number of hydrogen-bond donors (Lipinski definition) is 3.